The highest BCUT2D eigenvalue weighted by Gasteiger charge is 2.15. The van der Waals surface area contributed by atoms with Gasteiger partial charge in [-0.15, -0.1) is 0 Å². The Bertz CT molecular complexity index is 127. The quantitative estimate of drug-likeness (QED) is 0.604. The summed E-state index contributed by atoms with van der Waals surface area (Å²) >= 11 is 0. The lowest BCUT2D eigenvalue weighted by molar-refractivity contribution is 0.0580. The van der Waals surface area contributed by atoms with Gasteiger partial charge in [-0.05, 0) is 30.1 Å². The van der Waals surface area contributed by atoms with Crippen LogP contribution in [0.3, 0.4) is 0 Å². The number of ether oxygens (including phenoxy) is 1. The second-order valence-corrected chi connectivity index (χ2v) is 5.56. The van der Waals surface area contributed by atoms with Gasteiger partial charge < -0.3 is 4.74 Å². The van der Waals surface area contributed by atoms with Gasteiger partial charge in [-0.3, -0.25) is 0 Å². The number of rotatable bonds is 7. The van der Waals surface area contributed by atoms with Gasteiger partial charge >= 0.3 is 0 Å². The Balaban J connectivity index is 3.74. The fraction of sp³-hybridized carbons (Fsp3) is 1.00. The molecular formula is C13H28O. The van der Waals surface area contributed by atoms with Gasteiger partial charge in [0, 0.05) is 13.2 Å². The normalized spacial score (nSPS) is 14.4. The van der Waals surface area contributed by atoms with Gasteiger partial charge in [-0.1, -0.05) is 41.5 Å². The summed E-state index contributed by atoms with van der Waals surface area (Å²) in [6, 6.07) is 0. The summed E-state index contributed by atoms with van der Waals surface area (Å²) in [6.07, 6.45) is 1.29. The lowest BCUT2D eigenvalue weighted by Crippen LogP contribution is -2.19. The molecule has 0 radical (unpaired) electrons. The van der Waals surface area contributed by atoms with Crippen LogP contribution in [-0.2, 0) is 4.74 Å². The Labute approximate surface area is 90.2 Å². The molecule has 0 aliphatic carbocycles. The molecule has 1 unspecified atom stereocenters. The standard InChI is InChI=1S/C13H28O/c1-10(2)7-13(12(5)6)9-14-8-11(3)4/h10-13H,7-9H2,1-6H3. The number of hydrogen-bond acceptors (Lipinski definition) is 1. The molecule has 0 N–H and O–H groups in total. The van der Waals surface area contributed by atoms with Gasteiger partial charge in [0.25, 0.3) is 0 Å². The average molecular weight is 200 g/mol. The predicted molar refractivity (Wildman–Crippen MR) is 63.4 cm³/mol. The zero-order chi connectivity index (χ0) is 11.1. The summed E-state index contributed by atoms with van der Waals surface area (Å²) in [5.74, 6) is 2.91. The molecule has 0 amide bonds. The van der Waals surface area contributed by atoms with Crippen molar-refractivity contribution in [3.05, 3.63) is 0 Å². The first kappa shape index (κ1) is 14.0. The Morgan fingerprint density at radius 3 is 1.71 bits per heavy atom. The van der Waals surface area contributed by atoms with E-state index < -0.39 is 0 Å². The van der Waals surface area contributed by atoms with E-state index in [0.717, 1.165) is 31.0 Å². The lowest BCUT2D eigenvalue weighted by atomic mass is 9.88. The molecule has 0 heterocycles. The molecule has 1 atom stereocenters. The molecule has 0 saturated heterocycles. The van der Waals surface area contributed by atoms with Gasteiger partial charge in [0.05, 0.1) is 0 Å². The summed E-state index contributed by atoms with van der Waals surface area (Å²) in [5.41, 5.74) is 0. The van der Waals surface area contributed by atoms with Gasteiger partial charge in [-0.2, -0.15) is 0 Å². The fourth-order valence-corrected chi connectivity index (χ4v) is 1.59. The van der Waals surface area contributed by atoms with Gasteiger partial charge in [0.2, 0.25) is 0 Å². The van der Waals surface area contributed by atoms with Crippen LogP contribution in [-0.4, -0.2) is 13.2 Å². The smallest absolute Gasteiger partial charge is 0.0496 e. The first-order chi connectivity index (χ1) is 6.43. The summed E-state index contributed by atoms with van der Waals surface area (Å²) in [7, 11) is 0. The van der Waals surface area contributed by atoms with Gasteiger partial charge in [0.15, 0.2) is 0 Å². The van der Waals surface area contributed by atoms with E-state index in [4.69, 9.17) is 4.74 Å². The van der Waals surface area contributed by atoms with Crippen LogP contribution < -0.4 is 0 Å². The molecule has 0 aromatic heterocycles. The van der Waals surface area contributed by atoms with Gasteiger partial charge in [0.1, 0.15) is 0 Å². The van der Waals surface area contributed by atoms with Crippen molar-refractivity contribution < 1.29 is 4.74 Å². The fourth-order valence-electron chi connectivity index (χ4n) is 1.59. The minimum atomic E-state index is 0.655. The molecule has 0 aliphatic heterocycles. The highest BCUT2D eigenvalue weighted by Crippen LogP contribution is 2.20. The minimum Gasteiger partial charge on any atom is -0.381 e. The highest BCUT2D eigenvalue weighted by molar-refractivity contribution is 4.64. The van der Waals surface area contributed by atoms with E-state index in [2.05, 4.69) is 41.5 Å². The molecule has 0 spiro atoms. The largest absolute Gasteiger partial charge is 0.381 e. The monoisotopic (exact) mass is 200 g/mol. The Hall–Kier alpha value is -0.0400. The first-order valence-electron chi connectivity index (χ1n) is 6.01. The topological polar surface area (TPSA) is 9.23 Å². The van der Waals surface area contributed by atoms with E-state index in [9.17, 15) is 0 Å². The Morgan fingerprint density at radius 1 is 0.786 bits per heavy atom. The molecule has 0 fully saturated rings. The number of hydrogen-bond donors (Lipinski definition) is 0. The molecule has 0 saturated carbocycles. The van der Waals surface area contributed by atoms with Crippen LogP contribution in [0.2, 0.25) is 0 Å². The highest BCUT2D eigenvalue weighted by atomic mass is 16.5. The first-order valence-corrected chi connectivity index (χ1v) is 6.01. The summed E-state index contributed by atoms with van der Waals surface area (Å²) in [4.78, 5) is 0. The second kappa shape index (κ2) is 7.28. The Kier molecular flexibility index (Phi) is 7.26. The molecule has 0 aromatic rings. The lowest BCUT2D eigenvalue weighted by Gasteiger charge is -2.23. The van der Waals surface area contributed by atoms with Crippen molar-refractivity contribution in [3.8, 4) is 0 Å². The van der Waals surface area contributed by atoms with Crippen LogP contribution in [0.1, 0.15) is 48.0 Å². The van der Waals surface area contributed by atoms with Crippen molar-refractivity contribution in [1.82, 2.24) is 0 Å². The molecule has 1 nitrogen and oxygen atoms in total. The molecule has 1 heteroatoms. The van der Waals surface area contributed by atoms with E-state index in [0.29, 0.717) is 5.92 Å². The van der Waals surface area contributed by atoms with Crippen LogP contribution in [0.15, 0.2) is 0 Å². The molecule has 86 valence electrons. The van der Waals surface area contributed by atoms with Crippen LogP contribution in [0.4, 0.5) is 0 Å². The second-order valence-electron chi connectivity index (χ2n) is 5.56. The molecule has 0 bridgehead atoms. The maximum absolute atomic E-state index is 5.72. The van der Waals surface area contributed by atoms with E-state index in [1.807, 2.05) is 0 Å². The van der Waals surface area contributed by atoms with Crippen molar-refractivity contribution >= 4 is 0 Å². The van der Waals surface area contributed by atoms with E-state index >= 15 is 0 Å². The van der Waals surface area contributed by atoms with Crippen molar-refractivity contribution in [2.24, 2.45) is 23.7 Å². The predicted octanol–water partition coefficient (Wildman–Crippen LogP) is 3.98. The summed E-state index contributed by atoms with van der Waals surface area (Å²) < 4.78 is 5.72. The third-order valence-corrected chi connectivity index (χ3v) is 2.50. The molecular weight excluding hydrogens is 172 g/mol. The molecule has 0 rings (SSSR count). The van der Waals surface area contributed by atoms with Crippen molar-refractivity contribution in [3.63, 3.8) is 0 Å². The molecule has 14 heavy (non-hydrogen) atoms. The zero-order valence-corrected chi connectivity index (χ0v) is 10.8. The van der Waals surface area contributed by atoms with Crippen molar-refractivity contribution in [1.29, 1.82) is 0 Å². The molecule has 0 aromatic carbocycles. The maximum atomic E-state index is 5.72. The minimum absolute atomic E-state index is 0.655. The van der Waals surface area contributed by atoms with Gasteiger partial charge in [-0.25, -0.2) is 0 Å². The van der Waals surface area contributed by atoms with Crippen LogP contribution in [0.25, 0.3) is 0 Å². The third kappa shape index (κ3) is 7.37. The SMILES string of the molecule is CC(C)COCC(CC(C)C)C(C)C. The van der Waals surface area contributed by atoms with E-state index in [-0.39, 0.29) is 0 Å². The average Bonchev–Trinajstić information content (AvgIpc) is 2.00. The molecule has 0 aliphatic rings. The van der Waals surface area contributed by atoms with Crippen molar-refractivity contribution in [2.45, 2.75) is 48.0 Å². The van der Waals surface area contributed by atoms with E-state index in [1.54, 1.807) is 0 Å². The maximum Gasteiger partial charge on any atom is 0.0496 e. The zero-order valence-electron chi connectivity index (χ0n) is 10.8. The van der Waals surface area contributed by atoms with Crippen LogP contribution >= 0.6 is 0 Å². The Morgan fingerprint density at radius 2 is 1.36 bits per heavy atom. The van der Waals surface area contributed by atoms with Crippen LogP contribution in [0.5, 0.6) is 0 Å². The van der Waals surface area contributed by atoms with Crippen molar-refractivity contribution in [2.75, 3.05) is 13.2 Å². The van der Waals surface area contributed by atoms with E-state index in [1.165, 1.54) is 6.42 Å². The summed E-state index contributed by atoms with van der Waals surface area (Å²) in [6.45, 7) is 15.4. The van der Waals surface area contributed by atoms with Crippen LogP contribution in [0, 0.1) is 23.7 Å². The summed E-state index contributed by atoms with van der Waals surface area (Å²) in [5, 5.41) is 0. The third-order valence-electron chi connectivity index (χ3n) is 2.50.